The Bertz CT molecular complexity index is 1110. The Kier molecular flexibility index (Phi) is 7.40. The van der Waals surface area contributed by atoms with Gasteiger partial charge in [-0.15, -0.1) is 0 Å². The largest absolute Gasteiger partial charge is 0.493 e. The molecule has 0 aliphatic carbocycles. The van der Waals surface area contributed by atoms with Crippen LogP contribution in [0.1, 0.15) is 73.1 Å². The number of benzene rings is 2. The third-order valence-electron chi connectivity index (χ3n) is 7.10. The third kappa shape index (κ3) is 5.03. The molecule has 0 aromatic heterocycles. The summed E-state index contributed by atoms with van der Waals surface area (Å²) in [5.41, 5.74) is 8.12. The van der Waals surface area contributed by atoms with Gasteiger partial charge in [0.15, 0.2) is 5.96 Å². The van der Waals surface area contributed by atoms with Gasteiger partial charge in [0.05, 0.1) is 37.3 Å². The van der Waals surface area contributed by atoms with Crippen molar-refractivity contribution in [2.45, 2.75) is 57.2 Å². The number of carbonyl (C=O) groups is 2. The van der Waals surface area contributed by atoms with Gasteiger partial charge in [0.2, 0.25) is 5.91 Å². The molecule has 35 heavy (non-hydrogen) atoms. The second-order valence-corrected chi connectivity index (χ2v) is 9.14. The lowest BCUT2D eigenvalue weighted by Gasteiger charge is -2.40. The van der Waals surface area contributed by atoms with E-state index in [-0.39, 0.29) is 30.4 Å². The molecule has 0 radical (unpaired) electrons. The molecule has 2 aliphatic heterocycles. The lowest BCUT2D eigenvalue weighted by molar-refractivity contribution is -0.132. The fourth-order valence-electron chi connectivity index (χ4n) is 4.92. The van der Waals surface area contributed by atoms with Crippen LogP contribution < -0.4 is 15.8 Å². The minimum absolute atomic E-state index is 0.0862. The van der Waals surface area contributed by atoms with Crippen LogP contribution in [0.2, 0.25) is 0 Å². The first-order valence-corrected chi connectivity index (χ1v) is 12.2. The Morgan fingerprint density at radius 2 is 2.03 bits per heavy atom. The molecule has 2 aliphatic rings. The van der Waals surface area contributed by atoms with E-state index in [2.05, 4.69) is 5.32 Å². The van der Waals surface area contributed by atoms with Crippen LogP contribution in [-0.4, -0.2) is 48.5 Å². The summed E-state index contributed by atoms with van der Waals surface area (Å²) in [5, 5.41) is 3.13. The van der Waals surface area contributed by atoms with Crippen molar-refractivity contribution in [3.63, 3.8) is 0 Å². The molecule has 8 nitrogen and oxygen atoms in total. The van der Waals surface area contributed by atoms with Gasteiger partial charge in [-0.05, 0) is 36.6 Å². The van der Waals surface area contributed by atoms with E-state index in [9.17, 15) is 9.59 Å². The van der Waals surface area contributed by atoms with Gasteiger partial charge in [-0.2, -0.15) is 0 Å². The van der Waals surface area contributed by atoms with Crippen LogP contribution in [-0.2, 0) is 9.53 Å². The predicted octanol–water partition coefficient (Wildman–Crippen LogP) is 3.73. The van der Waals surface area contributed by atoms with Crippen LogP contribution in [0.15, 0.2) is 53.5 Å². The van der Waals surface area contributed by atoms with Crippen LogP contribution in [0.25, 0.3) is 0 Å². The molecule has 186 valence electrons. The molecule has 0 bridgehead atoms. The van der Waals surface area contributed by atoms with Gasteiger partial charge >= 0.3 is 0 Å². The maximum absolute atomic E-state index is 13.2. The minimum atomic E-state index is -0.487. The van der Waals surface area contributed by atoms with E-state index < -0.39 is 11.6 Å². The van der Waals surface area contributed by atoms with E-state index in [1.807, 2.05) is 50.2 Å². The summed E-state index contributed by atoms with van der Waals surface area (Å²) in [6.45, 7) is 4.82. The summed E-state index contributed by atoms with van der Waals surface area (Å²) in [4.78, 5) is 32.7. The Hall–Kier alpha value is -3.39. The van der Waals surface area contributed by atoms with Crippen LogP contribution >= 0.6 is 0 Å². The normalized spacial score (nSPS) is 19.9. The maximum atomic E-state index is 13.2. The standard InChI is InChI=1S/C27H34N4O4/c1-4-27(5-2)16-24(32)31(26(28)30-27)22(17-34-3)18-9-8-10-19(15-18)25(33)29-21-13-14-35-23-12-7-6-11-20(21)23/h6-12,15,21-22H,4-5,13-14,16-17H2,1-3H3,(H2,28,30)(H,29,33)/t21-,22+/m0/s1. The number of fused-ring (bicyclic) bond motifs is 1. The van der Waals surface area contributed by atoms with Gasteiger partial charge in [0.25, 0.3) is 5.91 Å². The highest BCUT2D eigenvalue weighted by Gasteiger charge is 2.40. The summed E-state index contributed by atoms with van der Waals surface area (Å²) >= 11 is 0. The van der Waals surface area contributed by atoms with E-state index in [0.717, 1.165) is 29.7 Å². The summed E-state index contributed by atoms with van der Waals surface area (Å²) in [7, 11) is 1.58. The Balaban J connectivity index is 1.59. The van der Waals surface area contributed by atoms with Crippen molar-refractivity contribution in [2.75, 3.05) is 20.3 Å². The average molecular weight is 479 g/mol. The third-order valence-corrected chi connectivity index (χ3v) is 7.10. The Morgan fingerprint density at radius 3 is 2.74 bits per heavy atom. The number of hydrogen-bond acceptors (Lipinski definition) is 6. The SMILES string of the molecule is CCC1(CC)CC(=O)N([C@H](COC)c2cccc(C(=O)N[C@H]3CCOc4ccccc43)c2)C(N)=N1. The van der Waals surface area contributed by atoms with Crippen molar-refractivity contribution in [3.8, 4) is 5.75 Å². The summed E-state index contributed by atoms with van der Waals surface area (Å²) in [6.07, 6.45) is 2.47. The van der Waals surface area contributed by atoms with Crippen molar-refractivity contribution in [2.24, 2.45) is 10.7 Å². The second kappa shape index (κ2) is 10.5. The first-order chi connectivity index (χ1) is 16.9. The monoisotopic (exact) mass is 478 g/mol. The van der Waals surface area contributed by atoms with Crippen molar-refractivity contribution >= 4 is 17.8 Å². The fourth-order valence-corrected chi connectivity index (χ4v) is 4.92. The molecule has 2 amide bonds. The molecular formula is C27H34N4O4. The lowest BCUT2D eigenvalue weighted by Crippen LogP contribution is -2.53. The number of nitrogens with two attached hydrogens (primary N) is 1. The zero-order chi connectivity index (χ0) is 25.0. The molecule has 2 aromatic carbocycles. The minimum Gasteiger partial charge on any atom is -0.493 e. The highest BCUT2D eigenvalue weighted by atomic mass is 16.5. The van der Waals surface area contributed by atoms with E-state index in [1.54, 1.807) is 19.2 Å². The summed E-state index contributed by atoms with van der Waals surface area (Å²) < 4.78 is 11.2. The lowest BCUT2D eigenvalue weighted by atomic mass is 9.87. The number of ether oxygens (including phenoxy) is 2. The second-order valence-electron chi connectivity index (χ2n) is 9.14. The maximum Gasteiger partial charge on any atom is 0.251 e. The number of nitrogens with one attached hydrogen (secondary N) is 1. The zero-order valence-corrected chi connectivity index (χ0v) is 20.6. The van der Waals surface area contributed by atoms with Crippen molar-refractivity contribution in [3.05, 3.63) is 65.2 Å². The first kappa shape index (κ1) is 24.7. The predicted molar refractivity (Wildman–Crippen MR) is 134 cm³/mol. The number of para-hydroxylation sites is 1. The smallest absolute Gasteiger partial charge is 0.251 e. The van der Waals surface area contributed by atoms with Gasteiger partial charge in [-0.3, -0.25) is 14.5 Å². The molecule has 2 heterocycles. The number of amides is 2. The van der Waals surface area contributed by atoms with E-state index in [1.165, 1.54) is 4.90 Å². The summed E-state index contributed by atoms with van der Waals surface area (Å²) in [6, 6.07) is 14.4. The van der Waals surface area contributed by atoms with Gasteiger partial charge in [-0.25, -0.2) is 4.99 Å². The number of nitrogens with zero attached hydrogens (tertiary/aromatic N) is 2. The number of rotatable bonds is 8. The van der Waals surface area contributed by atoms with Crippen molar-refractivity contribution < 1.29 is 19.1 Å². The molecule has 4 rings (SSSR count). The summed E-state index contributed by atoms with van der Waals surface area (Å²) in [5.74, 6) is 0.719. The number of hydrogen-bond donors (Lipinski definition) is 2. The molecule has 0 fully saturated rings. The van der Waals surface area contributed by atoms with E-state index in [0.29, 0.717) is 25.0 Å². The quantitative estimate of drug-likeness (QED) is 0.601. The van der Waals surface area contributed by atoms with E-state index in [4.69, 9.17) is 20.2 Å². The fraction of sp³-hybridized carbons (Fsp3) is 0.444. The van der Waals surface area contributed by atoms with Crippen LogP contribution in [0.5, 0.6) is 5.75 Å². The highest BCUT2D eigenvalue weighted by Crippen LogP contribution is 2.34. The zero-order valence-electron chi connectivity index (χ0n) is 20.6. The molecule has 2 aromatic rings. The van der Waals surface area contributed by atoms with Gasteiger partial charge < -0.3 is 20.5 Å². The topological polar surface area (TPSA) is 106 Å². The molecule has 2 atom stereocenters. The molecular weight excluding hydrogens is 444 g/mol. The van der Waals surface area contributed by atoms with Crippen LogP contribution in [0.4, 0.5) is 0 Å². The molecule has 0 unspecified atom stereocenters. The van der Waals surface area contributed by atoms with Gasteiger partial charge in [-0.1, -0.05) is 44.2 Å². The Morgan fingerprint density at radius 1 is 1.26 bits per heavy atom. The van der Waals surface area contributed by atoms with Crippen molar-refractivity contribution in [1.29, 1.82) is 0 Å². The average Bonchev–Trinajstić information content (AvgIpc) is 2.88. The van der Waals surface area contributed by atoms with Crippen LogP contribution in [0.3, 0.4) is 0 Å². The number of guanidine groups is 1. The number of methoxy groups -OCH3 is 1. The van der Waals surface area contributed by atoms with Gasteiger partial charge in [0.1, 0.15) is 5.75 Å². The first-order valence-electron chi connectivity index (χ1n) is 12.2. The molecule has 0 saturated heterocycles. The van der Waals surface area contributed by atoms with E-state index >= 15 is 0 Å². The molecule has 0 saturated carbocycles. The highest BCUT2D eigenvalue weighted by molar-refractivity contribution is 6.00. The molecule has 0 spiro atoms. The van der Waals surface area contributed by atoms with Crippen LogP contribution in [0, 0.1) is 0 Å². The number of carbonyl (C=O) groups excluding carboxylic acids is 2. The number of aliphatic imine (C=N–C) groups is 1. The molecule has 8 heteroatoms. The van der Waals surface area contributed by atoms with Crippen molar-refractivity contribution in [1.82, 2.24) is 10.2 Å². The Labute approximate surface area is 206 Å². The van der Waals surface area contributed by atoms with Gasteiger partial charge in [0, 0.05) is 24.7 Å². The molecule has 3 N–H and O–H groups in total.